The first-order chi connectivity index (χ1) is 7.52. The second-order valence-electron chi connectivity index (χ2n) is 4.14. The quantitative estimate of drug-likeness (QED) is 0.739. The van der Waals surface area contributed by atoms with Crippen LogP contribution in [0.4, 0.5) is 0 Å². The van der Waals surface area contributed by atoms with Crippen LogP contribution in [0.25, 0.3) is 10.8 Å². The summed E-state index contributed by atoms with van der Waals surface area (Å²) in [6, 6.07) is 7.60. The Hall–Kier alpha value is -1.83. The van der Waals surface area contributed by atoms with Gasteiger partial charge in [0.15, 0.2) is 5.78 Å². The number of hydrogen-bond acceptors (Lipinski definition) is 2. The van der Waals surface area contributed by atoms with E-state index in [1.165, 1.54) is 6.92 Å². The molecule has 2 nitrogen and oxygen atoms in total. The van der Waals surface area contributed by atoms with E-state index in [1.54, 1.807) is 6.07 Å². The summed E-state index contributed by atoms with van der Waals surface area (Å²) in [6.45, 7) is 5.36. The van der Waals surface area contributed by atoms with Gasteiger partial charge in [-0.15, -0.1) is 0 Å². The number of fused-ring (bicyclic) bond motifs is 1. The first-order valence-corrected chi connectivity index (χ1v) is 5.25. The van der Waals surface area contributed by atoms with Crippen LogP contribution < -0.4 is 0 Å². The van der Waals surface area contributed by atoms with Gasteiger partial charge in [-0.25, -0.2) is 0 Å². The molecule has 2 rings (SSSR count). The van der Waals surface area contributed by atoms with E-state index in [1.807, 2.05) is 32.0 Å². The molecule has 2 aromatic rings. The van der Waals surface area contributed by atoms with Gasteiger partial charge in [0.05, 0.1) is 5.56 Å². The highest BCUT2D eigenvalue weighted by atomic mass is 16.3. The standard InChI is InChI=1S/C14H14O2/c1-8-5-4-6-11-9(2)7-12(10(3)15)14(16)13(8)11/h4-7,16H,1-3H3. The Kier molecular flexibility index (Phi) is 2.43. The monoisotopic (exact) mass is 214 g/mol. The zero-order chi connectivity index (χ0) is 11.9. The molecule has 0 aromatic heterocycles. The van der Waals surface area contributed by atoms with Crippen molar-refractivity contribution in [1.29, 1.82) is 0 Å². The lowest BCUT2D eigenvalue weighted by Crippen LogP contribution is -1.96. The average Bonchev–Trinajstić information content (AvgIpc) is 2.22. The minimum atomic E-state index is -0.106. The Morgan fingerprint density at radius 1 is 1.19 bits per heavy atom. The number of ketones is 1. The van der Waals surface area contributed by atoms with Crippen LogP contribution in [0.5, 0.6) is 5.75 Å². The topological polar surface area (TPSA) is 37.3 Å². The molecular weight excluding hydrogens is 200 g/mol. The van der Waals surface area contributed by atoms with Crippen molar-refractivity contribution in [2.45, 2.75) is 20.8 Å². The summed E-state index contributed by atoms with van der Waals surface area (Å²) in [6.07, 6.45) is 0. The Balaban J connectivity index is 2.98. The zero-order valence-corrected chi connectivity index (χ0v) is 9.66. The van der Waals surface area contributed by atoms with Gasteiger partial charge < -0.3 is 5.11 Å². The fourth-order valence-corrected chi connectivity index (χ4v) is 2.08. The van der Waals surface area contributed by atoms with E-state index in [4.69, 9.17) is 0 Å². The van der Waals surface area contributed by atoms with Crippen LogP contribution in [0.3, 0.4) is 0 Å². The predicted octanol–water partition coefficient (Wildman–Crippen LogP) is 3.36. The number of Topliss-reactive ketones (excluding diaryl/α,β-unsaturated/α-hetero) is 1. The Morgan fingerprint density at radius 2 is 1.88 bits per heavy atom. The molecule has 0 unspecified atom stereocenters. The van der Waals surface area contributed by atoms with Crippen LogP contribution in [-0.2, 0) is 0 Å². The zero-order valence-electron chi connectivity index (χ0n) is 9.66. The first kappa shape index (κ1) is 10.7. The highest BCUT2D eigenvalue weighted by molar-refractivity contribution is 6.05. The maximum atomic E-state index is 11.4. The summed E-state index contributed by atoms with van der Waals surface area (Å²) in [5.41, 5.74) is 2.40. The fourth-order valence-electron chi connectivity index (χ4n) is 2.08. The van der Waals surface area contributed by atoms with Crippen molar-refractivity contribution in [2.75, 3.05) is 0 Å². The summed E-state index contributed by atoms with van der Waals surface area (Å²) in [5, 5.41) is 11.9. The molecule has 0 radical (unpaired) electrons. The fraction of sp³-hybridized carbons (Fsp3) is 0.214. The van der Waals surface area contributed by atoms with Crippen molar-refractivity contribution in [2.24, 2.45) is 0 Å². The lowest BCUT2D eigenvalue weighted by atomic mass is 9.96. The molecule has 0 saturated carbocycles. The molecule has 0 heterocycles. The third kappa shape index (κ3) is 1.47. The van der Waals surface area contributed by atoms with Gasteiger partial charge in [0, 0.05) is 5.39 Å². The third-order valence-corrected chi connectivity index (χ3v) is 2.93. The number of aromatic hydroxyl groups is 1. The molecular formula is C14H14O2. The minimum absolute atomic E-state index is 0.103. The average molecular weight is 214 g/mol. The minimum Gasteiger partial charge on any atom is -0.507 e. The van der Waals surface area contributed by atoms with Gasteiger partial charge in [-0.2, -0.15) is 0 Å². The number of benzene rings is 2. The lowest BCUT2D eigenvalue weighted by Gasteiger charge is -2.10. The smallest absolute Gasteiger partial charge is 0.163 e. The van der Waals surface area contributed by atoms with E-state index in [9.17, 15) is 9.90 Å². The predicted molar refractivity (Wildman–Crippen MR) is 65.1 cm³/mol. The number of hydrogen-bond donors (Lipinski definition) is 1. The Bertz CT molecular complexity index is 583. The van der Waals surface area contributed by atoms with E-state index in [0.29, 0.717) is 5.56 Å². The van der Waals surface area contributed by atoms with E-state index in [-0.39, 0.29) is 11.5 Å². The molecule has 0 aliphatic rings. The van der Waals surface area contributed by atoms with Gasteiger partial charge in [0.25, 0.3) is 0 Å². The van der Waals surface area contributed by atoms with Crippen LogP contribution in [0.15, 0.2) is 24.3 Å². The summed E-state index contributed by atoms with van der Waals surface area (Å²) in [7, 11) is 0. The first-order valence-electron chi connectivity index (χ1n) is 5.25. The number of phenolic OH excluding ortho intramolecular Hbond substituents is 1. The van der Waals surface area contributed by atoms with Crippen LogP contribution >= 0.6 is 0 Å². The van der Waals surface area contributed by atoms with E-state index >= 15 is 0 Å². The second kappa shape index (κ2) is 3.63. The number of carbonyl (C=O) groups excluding carboxylic acids is 1. The number of carbonyl (C=O) groups is 1. The molecule has 0 atom stereocenters. The van der Waals surface area contributed by atoms with Crippen molar-refractivity contribution in [3.63, 3.8) is 0 Å². The second-order valence-corrected chi connectivity index (χ2v) is 4.14. The maximum Gasteiger partial charge on any atom is 0.163 e. The lowest BCUT2D eigenvalue weighted by molar-refractivity contribution is 0.101. The van der Waals surface area contributed by atoms with Crippen molar-refractivity contribution in [3.05, 3.63) is 41.0 Å². The van der Waals surface area contributed by atoms with Crippen LogP contribution in [0, 0.1) is 13.8 Å². The van der Waals surface area contributed by atoms with Gasteiger partial charge in [-0.1, -0.05) is 18.2 Å². The highest BCUT2D eigenvalue weighted by Gasteiger charge is 2.13. The molecule has 0 saturated heterocycles. The van der Waals surface area contributed by atoms with Gasteiger partial charge in [0.2, 0.25) is 0 Å². The maximum absolute atomic E-state index is 11.4. The van der Waals surface area contributed by atoms with Gasteiger partial charge in [-0.3, -0.25) is 4.79 Å². The van der Waals surface area contributed by atoms with Gasteiger partial charge in [-0.05, 0) is 43.4 Å². The van der Waals surface area contributed by atoms with E-state index < -0.39 is 0 Å². The van der Waals surface area contributed by atoms with Crippen molar-refractivity contribution in [3.8, 4) is 5.75 Å². The van der Waals surface area contributed by atoms with Gasteiger partial charge in [0.1, 0.15) is 5.75 Å². The summed E-state index contributed by atoms with van der Waals surface area (Å²) < 4.78 is 0. The third-order valence-electron chi connectivity index (χ3n) is 2.93. The van der Waals surface area contributed by atoms with E-state index in [2.05, 4.69) is 0 Å². The largest absolute Gasteiger partial charge is 0.507 e. The molecule has 82 valence electrons. The highest BCUT2D eigenvalue weighted by Crippen LogP contribution is 2.33. The van der Waals surface area contributed by atoms with Crippen molar-refractivity contribution in [1.82, 2.24) is 0 Å². The molecule has 0 bridgehead atoms. The SMILES string of the molecule is CC(=O)c1cc(C)c2cccc(C)c2c1O. The Morgan fingerprint density at radius 3 is 2.50 bits per heavy atom. The molecule has 16 heavy (non-hydrogen) atoms. The Labute approximate surface area is 94.5 Å². The molecule has 0 aliphatic carbocycles. The number of phenols is 1. The number of aryl methyl sites for hydroxylation is 2. The molecule has 0 fully saturated rings. The molecule has 2 heteroatoms. The van der Waals surface area contributed by atoms with Crippen LogP contribution in [0.1, 0.15) is 28.4 Å². The molecule has 1 N–H and O–H groups in total. The van der Waals surface area contributed by atoms with E-state index in [0.717, 1.165) is 21.9 Å². The van der Waals surface area contributed by atoms with Crippen LogP contribution in [-0.4, -0.2) is 10.9 Å². The summed E-state index contributed by atoms with van der Waals surface area (Å²) in [4.78, 5) is 11.4. The molecule has 0 amide bonds. The molecule has 0 spiro atoms. The molecule has 0 aliphatic heterocycles. The van der Waals surface area contributed by atoms with Crippen LogP contribution in [0.2, 0.25) is 0 Å². The normalized spacial score (nSPS) is 10.7. The summed E-state index contributed by atoms with van der Waals surface area (Å²) >= 11 is 0. The summed E-state index contributed by atoms with van der Waals surface area (Å²) in [5.74, 6) is -0.00282. The molecule has 2 aromatic carbocycles. The van der Waals surface area contributed by atoms with Crippen molar-refractivity contribution < 1.29 is 9.90 Å². The number of rotatable bonds is 1. The van der Waals surface area contributed by atoms with Gasteiger partial charge >= 0.3 is 0 Å². The van der Waals surface area contributed by atoms with Crippen molar-refractivity contribution >= 4 is 16.6 Å².